The van der Waals surface area contributed by atoms with Crippen molar-refractivity contribution in [2.75, 3.05) is 12.3 Å². The number of carbonyl (C=O) groups is 1. The monoisotopic (exact) mass is 272 g/mol. The molecule has 0 aliphatic rings. The molecule has 20 heavy (non-hydrogen) atoms. The Morgan fingerprint density at radius 1 is 1.25 bits per heavy atom. The minimum Gasteiger partial charge on any atom is -0.478 e. The number of benzene rings is 1. The zero-order valence-corrected chi connectivity index (χ0v) is 11.4. The van der Waals surface area contributed by atoms with Gasteiger partial charge in [-0.25, -0.2) is 0 Å². The lowest BCUT2D eigenvalue weighted by Crippen LogP contribution is -2.00. The van der Waals surface area contributed by atoms with Crippen molar-refractivity contribution in [3.8, 4) is 17.5 Å². The fourth-order valence-electron chi connectivity index (χ4n) is 1.71. The van der Waals surface area contributed by atoms with Crippen LogP contribution in [-0.2, 0) is 0 Å². The van der Waals surface area contributed by atoms with Crippen LogP contribution in [-0.4, -0.2) is 17.4 Å². The molecule has 2 rings (SSSR count). The lowest BCUT2D eigenvalue weighted by atomic mass is 10.1. The third-order valence-electron chi connectivity index (χ3n) is 2.59. The molecular weight excluding hydrogens is 256 g/mol. The highest BCUT2D eigenvalue weighted by atomic mass is 16.5. The van der Waals surface area contributed by atoms with Crippen LogP contribution in [0.4, 0.5) is 5.69 Å². The van der Waals surface area contributed by atoms with Gasteiger partial charge in [0.25, 0.3) is 0 Å². The molecule has 0 aliphatic carbocycles. The maximum absolute atomic E-state index is 11.6. The molecule has 1 heterocycles. The van der Waals surface area contributed by atoms with E-state index in [1.807, 2.05) is 6.92 Å². The van der Waals surface area contributed by atoms with Crippen LogP contribution in [0.2, 0.25) is 0 Å². The van der Waals surface area contributed by atoms with Crippen LogP contribution >= 0.6 is 0 Å². The van der Waals surface area contributed by atoms with Crippen molar-refractivity contribution < 1.29 is 14.3 Å². The van der Waals surface area contributed by atoms with Gasteiger partial charge in [-0.05, 0) is 32.0 Å². The van der Waals surface area contributed by atoms with Gasteiger partial charge in [-0.1, -0.05) is 6.07 Å². The Labute approximate surface area is 117 Å². The third-order valence-corrected chi connectivity index (χ3v) is 2.59. The molecule has 0 fully saturated rings. The number of ketones is 1. The van der Waals surface area contributed by atoms with E-state index < -0.39 is 0 Å². The van der Waals surface area contributed by atoms with E-state index in [9.17, 15) is 4.79 Å². The van der Waals surface area contributed by atoms with Gasteiger partial charge in [-0.15, -0.1) is 0 Å². The molecule has 0 bridgehead atoms. The van der Waals surface area contributed by atoms with E-state index in [2.05, 4.69) is 4.98 Å². The van der Waals surface area contributed by atoms with Crippen molar-refractivity contribution >= 4 is 11.5 Å². The quantitative estimate of drug-likeness (QED) is 0.668. The fraction of sp³-hybridized carbons (Fsp3) is 0.200. The first-order chi connectivity index (χ1) is 9.60. The number of nitrogens with two attached hydrogens (primary N) is 1. The van der Waals surface area contributed by atoms with Gasteiger partial charge in [0.2, 0.25) is 11.8 Å². The molecule has 2 aromatic rings. The number of ether oxygens (including phenoxy) is 2. The van der Waals surface area contributed by atoms with Crippen LogP contribution in [0.25, 0.3) is 0 Å². The molecule has 1 aromatic heterocycles. The highest BCUT2D eigenvalue weighted by Crippen LogP contribution is 2.27. The average Bonchev–Trinajstić information content (AvgIpc) is 2.41. The molecular formula is C15H16N2O3. The molecule has 0 saturated heterocycles. The van der Waals surface area contributed by atoms with E-state index in [0.717, 1.165) is 0 Å². The zero-order valence-electron chi connectivity index (χ0n) is 11.4. The standard InChI is InChI=1S/C15H16N2O3/c1-3-19-14-5-4-6-15(17-14)20-13-8-7-11(16)9-12(13)10(2)18/h4-9H,3,16H2,1-2H3. The molecule has 0 atom stereocenters. The first kappa shape index (κ1) is 13.9. The van der Waals surface area contributed by atoms with Crippen molar-refractivity contribution in [2.24, 2.45) is 0 Å². The van der Waals surface area contributed by atoms with Crippen LogP contribution < -0.4 is 15.2 Å². The maximum Gasteiger partial charge on any atom is 0.222 e. The van der Waals surface area contributed by atoms with E-state index in [1.165, 1.54) is 6.92 Å². The van der Waals surface area contributed by atoms with E-state index in [1.54, 1.807) is 36.4 Å². The Morgan fingerprint density at radius 3 is 2.70 bits per heavy atom. The van der Waals surface area contributed by atoms with Crippen molar-refractivity contribution in [1.29, 1.82) is 0 Å². The number of pyridine rings is 1. The smallest absolute Gasteiger partial charge is 0.222 e. The number of aromatic nitrogens is 1. The molecule has 104 valence electrons. The van der Waals surface area contributed by atoms with Crippen molar-refractivity contribution in [3.63, 3.8) is 0 Å². The molecule has 0 unspecified atom stereocenters. The fourth-order valence-corrected chi connectivity index (χ4v) is 1.71. The normalized spacial score (nSPS) is 10.1. The number of nitrogens with zero attached hydrogens (tertiary/aromatic N) is 1. The van der Waals surface area contributed by atoms with Crippen LogP contribution in [0.15, 0.2) is 36.4 Å². The summed E-state index contributed by atoms with van der Waals surface area (Å²) in [6.45, 7) is 3.87. The summed E-state index contributed by atoms with van der Waals surface area (Å²) in [5.41, 5.74) is 6.62. The van der Waals surface area contributed by atoms with Crippen LogP contribution in [0.1, 0.15) is 24.2 Å². The second kappa shape index (κ2) is 6.06. The van der Waals surface area contributed by atoms with E-state index in [-0.39, 0.29) is 5.78 Å². The van der Waals surface area contributed by atoms with E-state index in [0.29, 0.717) is 35.4 Å². The van der Waals surface area contributed by atoms with Gasteiger partial charge in [-0.2, -0.15) is 4.98 Å². The van der Waals surface area contributed by atoms with Crippen LogP contribution in [0, 0.1) is 0 Å². The molecule has 2 N–H and O–H groups in total. The first-order valence-corrected chi connectivity index (χ1v) is 6.28. The zero-order chi connectivity index (χ0) is 14.5. The number of anilines is 1. The lowest BCUT2D eigenvalue weighted by molar-refractivity contribution is 0.101. The average molecular weight is 272 g/mol. The highest BCUT2D eigenvalue weighted by Gasteiger charge is 2.11. The molecule has 5 heteroatoms. The van der Waals surface area contributed by atoms with Crippen molar-refractivity contribution in [3.05, 3.63) is 42.0 Å². The number of Topliss-reactive ketones (excluding diaryl/α,β-unsaturated/α-hetero) is 1. The third kappa shape index (κ3) is 3.26. The summed E-state index contributed by atoms with van der Waals surface area (Å²) in [5.74, 6) is 1.15. The van der Waals surface area contributed by atoms with Crippen LogP contribution in [0.3, 0.4) is 0 Å². The predicted molar refractivity (Wildman–Crippen MR) is 76.3 cm³/mol. The minimum atomic E-state index is -0.117. The SMILES string of the molecule is CCOc1cccc(Oc2ccc(N)cc2C(C)=O)n1. The molecule has 0 saturated carbocycles. The molecule has 0 spiro atoms. The van der Waals surface area contributed by atoms with Gasteiger partial charge in [-0.3, -0.25) is 4.79 Å². The number of rotatable bonds is 5. The minimum absolute atomic E-state index is 0.117. The van der Waals surface area contributed by atoms with Gasteiger partial charge in [0.05, 0.1) is 12.2 Å². The Hall–Kier alpha value is -2.56. The summed E-state index contributed by atoms with van der Waals surface area (Å²) < 4.78 is 10.9. The Morgan fingerprint density at radius 2 is 2.00 bits per heavy atom. The molecule has 0 aliphatic heterocycles. The summed E-state index contributed by atoms with van der Waals surface area (Å²) >= 11 is 0. The highest BCUT2D eigenvalue weighted by molar-refractivity contribution is 5.97. The summed E-state index contributed by atoms with van der Waals surface area (Å²) in [7, 11) is 0. The Bertz CT molecular complexity index is 626. The second-order valence-corrected chi connectivity index (χ2v) is 4.16. The topological polar surface area (TPSA) is 74.4 Å². The van der Waals surface area contributed by atoms with Crippen molar-refractivity contribution in [2.45, 2.75) is 13.8 Å². The molecule has 0 radical (unpaired) electrons. The largest absolute Gasteiger partial charge is 0.478 e. The lowest BCUT2D eigenvalue weighted by Gasteiger charge is -2.10. The molecule has 5 nitrogen and oxygen atoms in total. The summed E-state index contributed by atoms with van der Waals surface area (Å²) in [6, 6.07) is 10.1. The first-order valence-electron chi connectivity index (χ1n) is 6.28. The number of carbonyl (C=O) groups excluding carboxylic acids is 1. The maximum atomic E-state index is 11.6. The Balaban J connectivity index is 2.30. The van der Waals surface area contributed by atoms with E-state index in [4.69, 9.17) is 15.2 Å². The summed E-state index contributed by atoms with van der Waals surface area (Å²) in [5, 5.41) is 0. The summed E-state index contributed by atoms with van der Waals surface area (Å²) in [4.78, 5) is 15.8. The van der Waals surface area contributed by atoms with Gasteiger partial charge in [0, 0.05) is 17.8 Å². The second-order valence-electron chi connectivity index (χ2n) is 4.16. The Kier molecular flexibility index (Phi) is 4.20. The van der Waals surface area contributed by atoms with Crippen LogP contribution in [0.5, 0.6) is 17.5 Å². The number of hydrogen-bond acceptors (Lipinski definition) is 5. The number of hydrogen-bond donors (Lipinski definition) is 1. The summed E-state index contributed by atoms with van der Waals surface area (Å²) in [6.07, 6.45) is 0. The predicted octanol–water partition coefficient (Wildman–Crippen LogP) is 3.06. The molecule has 1 aromatic carbocycles. The van der Waals surface area contributed by atoms with Crippen molar-refractivity contribution in [1.82, 2.24) is 4.98 Å². The van der Waals surface area contributed by atoms with Gasteiger partial charge >= 0.3 is 0 Å². The van der Waals surface area contributed by atoms with Gasteiger partial charge in [0.1, 0.15) is 5.75 Å². The van der Waals surface area contributed by atoms with Gasteiger partial charge < -0.3 is 15.2 Å². The number of nitrogen functional groups attached to an aromatic ring is 1. The molecule has 0 amide bonds. The van der Waals surface area contributed by atoms with E-state index >= 15 is 0 Å². The van der Waals surface area contributed by atoms with Gasteiger partial charge in [0.15, 0.2) is 5.78 Å².